The van der Waals surface area contributed by atoms with E-state index in [0.717, 1.165) is 6.54 Å². The normalized spacial score (nSPS) is 37.7. The fourth-order valence-corrected chi connectivity index (χ4v) is 3.61. The van der Waals surface area contributed by atoms with Crippen LogP contribution in [0.5, 0.6) is 0 Å². The third kappa shape index (κ3) is 3.94. The number of nitrogens with one attached hydrogen (secondary N) is 1. The molecule has 2 N–H and O–H groups in total. The first-order valence-corrected chi connectivity index (χ1v) is 7.70. The van der Waals surface area contributed by atoms with Crippen LogP contribution in [0.25, 0.3) is 0 Å². The molecule has 0 radical (unpaired) electrons. The van der Waals surface area contributed by atoms with Crippen molar-refractivity contribution in [1.82, 2.24) is 5.32 Å². The molecule has 2 fully saturated rings. The summed E-state index contributed by atoms with van der Waals surface area (Å²) in [4.78, 5) is 0. The summed E-state index contributed by atoms with van der Waals surface area (Å²) in [5, 5.41) is 13.2. The van der Waals surface area contributed by atoms with Crippen molar-refractivity contribution >= 4 is 0 Å². The van der Waals surface area contributed by atoms with E-state index in [1.54, 1.807) is 0 Å². The van der Waals surface area contributed by atoms with Gasteiger partial charge in [-0.15, -0.1) is 0 Å². The molecule has 2 aliphatic carbocycles. The summed E-state index contributed by atoms with van der Waals surface area (Å²) in [5.74, 6) is 1.24. The van der Waals surface area contributed by atoms with Gasteiger partial charge in [-0.3, -0.25) is 0 Å². The number of hydrogen-bond acceptors (Lipinski definition) is 3. The minimum atomic E-state index is 0.378. The third-order valence-electron chi connectivity index (χ3n) is 4.98. The maximum atomic E-state index is 9.42. The first-order chi connectivity index (χ1) is 8.83. The van der Waals surface area contributed by atoms with Gasteiger partial charge in [0.1, 0.15) is 0 Å². The van der Waals surface area contributed by atoms with Crippen molar-refractivity contribution in [1.29, 1.82) is 0 Å². The van der Waals surface area contributed by atoms with Gasteiger partial charge < -0.3 is 15.2 Å². The van der Waals surface area contributed by atoms with Crippen molar-refractivity contribution in [2.24, 2.45) is 11.8 Å². The van der Waals surface area contributed by atoms with Gasteiger partial charge in [0.15, 0.2) is 0 Å². The zero-order valence-corrected chi connectivity index (χ0v) is 11.7. The fraction of sp³-hybridized carbons (Fsp3) is 1.00. The standard InChI is InChI=1S/C15H29NO2/c1-18-15-8-6-14(7-9-15)16-10-12-4-2-3-5-13(12)11-17/h12-17H,2-11H2,1H3. The Balaban J connectivity index is 1.67. The molecular weight excluding hydrogens is 226 g/mol. The van der Waals surface area contributed by atoms with E-state index in [4.69, 9.17) is 4.74 Å². The summed E-state index contributed by atoms with van der Waals surface area (Å²) in [5.41, 5.74) is 0. The van der Waals surface area contributed by atoms with Gasteiger partial charge in [-0.25, -0.2) is 0 Å². The second-order valence-corrected chi connectivity index (χ2v) is 6.10. The van der Waals surface area contributed by atoms with Crippen LogP contribution in [0.1, 0.15) is 51.4 Å². The minimum absolute atomic E-state index is 0.378. The molecule has 0 heterocycles. The van der Waals surface area contributed by atoms with Crippen LogP contribution in [0.2, 0.25) is 0 Å². The van der Waals surface area contributed by atoms with E-state index >= 15 is 0 Å². The summed E-state index contributed by atoms with van der Waals surface area (Å²) >= 11 is 0. The van der Waals surface area contributed by atoms with E-state index in [-0.39, 0.29) is 0 Å². The van der Waals surface area contributed by atoms with Crippen LogP contribution in [0.4, 0.5) is 0 Å². The van der Waals surface area contributed by atoms with Crippen LogP contribution in [0.3, 0.4) is 0 Å². The van der Waals surface area contributed by atoms with Gasteiger partial charge in [0, 0.05) is 19.8 Å². The Hall–Kier alpha value is -0.120. The number of methoxy groups -OCH3 is 1. The second-order valence-electron chi connectivity index (χ2n) is 6.10. The van der Waals surface area contributed by atoms with Crippen LogP contribution >= 0.6 is 0 Å². The molecule has 0 saturated heterocycles. The summed E-state index contributed by atoms with van der Waals surface area (Å²) in [7, 11) is 1.83. The Kier molecular flexibility index (Phi) is 5.93. The number of hydrogen-bond donors (Lipinski definition) is 2. The van der Waals surface area contributed by atoms with Gasteiger partial charge >= 0.3 is 0 Å². The SMILES string of the molecule is COC1CCC(NCC2CCCCC2CO)CC1. The van der Waals surface area contributed by atoms with Crippen molar-refractivity contribution in [3.8, 4) is 0 Å². The van der Waals surface area contributed by atoms with E-state index < -0.39 is 0 Å². The maximum absolute atomic E-state index is 9.42. The number of rotatable bonds is 5. The van der Waals surface area contributed by atoms with E-state index in [9.17, 15) is 5.11 Å². The number of aliphatic hydroxyl groups is 1. The van der Waals surface area contributed by atoms with E-state index in [2.05, 4.69) is 5.32 Å². The topological polar surface area (TPSA) is 41.5 Å². The van der Waals surface area contributed by atoms with Crippen molar-refractivity contribution in [2.75, 3.05) is 20.3 Å². The molecule has 3 nitrogen and oxygen atoms in total. The predicted molar refractivity (Wildman–Crippen MR) is 73.6 cm³/mol. The van der Waals surface area contributed by atoms with Gasteiger partial charge in [-0.05, 0) is 56.9 Å². The van der Waals surface area contributed by atoms with Crippen molar-refractivity contribution in [3.05, 3.63) is 0 Å². The highest BCUT2D eigenvalue weighted by atomic mass is 16.5. The van der Waals surface area contributed by atoms with Crippen LogP contribution in [0.15, 0.2) is 0 Å². The molecule has 2 unspecified atom stereocenters. The first-order valence-electron chi connectivity index (χ1n) is 7.70. The van der Waals surface area contributed by atoms with Gasteiger partial charge in [0.25, 0.3) is 0 Å². The number of ether oxygens (including phenoxy) is 1. The maximum Gasteiger partial charge on any atom is 0.0572 e. The monoisotopic (exact) mass is 255 g/mol. The molecule has 0 aliphatic heterocycles. The molecule has 2 atom stereocenters. The highest BCUT2D eigenvalue weighted by Gasteiger charge is 2.26. The Morgan fingerprint density at radius 1 is 1.00 bits per heavy atom. The summed E-state index contributed by atoms with van der Waals surface area (Å²) in [6, 6.07) is 0.678. The molecule has 2 rings (SSSR count). The Morgan fingerprint density at radius 2 is 1.67 bits per heavy atom. The van der Waals surface area contributed by atoms with Crippen molar-refractivity contribution in [2.45, 2.75) is 63.5 Å². The highest BCUT2D eigenvalue weighted by molar-refractivity contribution is 4.81. The summed E-state index contributed by atoms with van der Waals surface area (Å²) in [6.07, 6.45) is 10.5. The van der Waals surface area contributed by atoms with Crippen LogP contribution in [-0.4, -0.2) is 37.5 Å². The van der Waals surface area contributed by atoms with Gasteiger partial charge in [0.2, 0.25) is 0 Å². The summed E-state index contributed by atoms with van der Waals surface area (Å²) in [6.45, 7) is 1.48. The lowest BCUT2D eigenvalue weighted by molar-refractivity contribution is 0.0603. The molecule has 0 bridgehead atoms. The second kappa shape index (κ2) is 7.46. The highest BCUT2D eigenvalue weighted by Crippen LogP contribution is 2.29. The lowest BCUT2D eigenvalue weighted by Crippen LogP contribution is -2.40. The molecule has 3 heteroatoms. The van der Waals surface area contributed by atoms with E-state index in [1.807, 2.05) is 7.11 Å². The van der Waals surface area contributed by atoms with Gasteiger partial charge in [-0.2, -0.15) is 0 Å². The molecule has 0 spiro atoms. The largest absolute Gasteiger partial charge is 0.396 e. The average Bonchev–Trinajstić information content (AvgIpc) is 2.46. The van der Waals surface area contributed by atoms with E-state index in [1.165, 1.54) is 51.4 Å². The lowest BCUT2D eigenvalue weighted by atomic mass is 9.79. The molecule has 2 aliphatic rings. The smallest absolute Gasteiger partial charge is 0.0572 e. The molecule has 2 saturated carbocycles. The van der Waals surface area contributed by atoms with Gasteiger partial charge in [-0.1, -0.05) is 12.8 Å². The average molecular weight is 255 g/mol. The predicted octanol–water partition coefficient (Wildman–Crippen LogP) is 2.33. The quantitative estimate of drug-likeness (QED) is 0.792. The van der Waals surface area contributed by atoms with Gasteiger partial charge in [0.05, 0.1) is 6.10 Å². The zero-order valence-electron chi connectivity index (χ0n) is 11.7. The fourth-order valence-electron chi connectivity index (χ4n) is 3.61. The Morgan fingerprint density at radius 3 is 2.28 bits per heavy atom. The lowest BCUT2D eigenvalue weighted by Gasteiger charge is -2.34. The molecule has 18 heavy (non-hydrogen) atoms. The molecule has 0 aromatic rings. The third-order valence-corrected chi connectivity index (χ3v) is 4.98. The molecular formula is C15H29NO2. The van der Waals surface area contributed by atoms with Crippen molar-refractivity contribution in [3.63, 3.8) is 0 Å². The first kappa shape index (κ1) is 14.3. The Labute approximate surface area is 111 Å². The molecule has 0 aromatic heterocycles. The summed E-state index contributed by atoms with van der Waals surface area (Å²) < 4.78 is 5.41. The van der Waals surface area contributed by atoms with Crippen LogP contribution in [-0.2, 0) is 4.74 Å². The molecule has 0 amide bonds. The molecule has 106 valence electrons. The Bertz CT molecular complexity index is 227. The molecule has 0 aromatic carbocycles. The number of aliphatic hydroxyl groups excluding tert-OH is 1. The van der Waals surface area contributed by atoms with Crippen LogP contribution < -0.4 is 5.32 Å². The van der Waals surface area contributed by atoms with E-state index in [0.29, 0.717) is 30.6 Å². The zero-order chi connectivity index (χ0) is 12.8. The van der Waals surface area contributed by atoms with Crippen molar-refractivity contribution < 1.29 is 9.84 Å². The minimum Gasteiger partial charge on any atom is -0.396 e. The van der Waals surface area contributed by atoms with Crippen LogP contribution in [0, 0.1) is 11.8 Å².